The van der Waals surface area contributed by atoms with Crippen LogP contribution in [0.25, 0.3) is 0 Å². The Bertz CT molecular complexity index is 499. The van der Waals surface area contributed by atoms with Crippen LogP contribution >= 0.6 is 35.0 Å². The molecule has 2 rings (SSSR count). The van der Waals surface area contributed by atoms with Gasteiger partial charge < -0.3 is 5.32 Å². The molecular formula is C14H13Cl2NS. The van der Waals surface area contributed by atoms with Crippen molar-refractivity contribution >= 4 is 40.7 Å². The van der Waals surface area contributed by atoms with Gasteiger partial charge in [0.1, 0.15) is 0 Å². The molecule has 0 saturated heterocycles. The molecule has 0 amide bonds. The number of hydrogen-bond donors (Lipinski definition) is 1. The van der Waals surface area contributed by atoms with Gasteiger partial charge in [-0.25, -0.2) is 0 Å². The third-order valence-electron chi connectivity index (χ3n) is 2.34. The topological polar surface area (TPSA) is 12.0 Å². The fourth-order valence-corrected chi connectivity index (χ4v) is 2.58. The fourth-order valence-electron chi connectivity index (χ4n) is 1.49. The van der Waals surface area contributed by atoms with Crippen LogP contribution in [-0.2, 0) is 0 Å². The zero-order valence-electron chi connectivity index (χ0n) is 9.70. The molecule has 0 spiro atoms. The van der Waals surface area contributed by atoms with Gasteiger partial charge in [-0.1, -0.05) is 29.3 Å². The molecule has 0 aliphatic rings. The average molecular weight is 298 g/mol. The molecule has 1 nitrogen and oxygen atoms in total. The van der Waals surface area contributed by atoms with Gasteiger partial charge in [0, 0.05) is 32.9 Å². The Hall–Kier alpha value is -0.830. The zero-order chi connectivity index (χ0) is 12.8. The molecular weight excluding hydrogens is 285 g/mol. The monoisotopic (exact) mass is 297 g/mol. The van der Waals surface area contributed by atoms with E-state index in [1.165, 1.54) is 4.90 Å². The lowest BCUT2D eigenvalue weighted by atomic mass is 10.3. The van der Waals surface area contributed by atoms with Crippen LogP contribution < -0.4 is 5.32 Å². The number of benzene rings is 2. The SMILES string of the molecule is Clc1ccc(SCCNc2cccc(Cl)c2)cc1. The molecule has 2 aromatic rings. The van der Waals surface area contributed by atoms with Crippen molar-refractivity contribution < 1.29 is 0 Å². The zero-order valence-corrected chi connectivity index (χ0v) is 12.0. The third-order valence-corrected chi connectivity index (χ3v) is 3.84. The first kappa shape index (κ1) is 13.6. The van der Waals surface area contributed by atoms with E-state index in [0.29, 0.717) is 0 Å². The van der Waals surface area contributed by atoms with E-state index in [0.717, 1.165) is 28.0 Å². The molecule has 4 heteroatoms. The molecule has 0 aliphatic carbocycles. The maximum atomic E-state index is 5.91. The molecule has 0 unspecified atom stereocenters. The van der Waals surface area contributed by atoms with Crippen LogP contribution in [-0.4, -0.2) is 12.3 Å². The van der Waals surface area contributed by atoms with Gasteiger partial charge in [-0.2, -0.15) is 0 Å². The van der Waals surface area contributed by atoms with Gasteiger partial charge in [-0.15, -0.1) is 11.8 Å². The minimum atomic E-state index is 0.755. The lowest BCUT2D eigenvalue weighted by Crippen LogP contribution is -2.03. The van der Waals surface area contributed by atoms with E-state index < -0.39 is 0 Å². The van der Waals surface area contributed by atoms with Crippen molar-refractivity contribution in [2.75, 3.05) is 17.6 Å². The molecule has 94 valence electrons. The van der Waals surface area contributed by atoms with Gasteiger partial charge in [0.15, 0.2) is 0 Å². The number of hydrogen-bond acceptors (Lipinski definition) is 2. The second kappa shape index (κ2) is 6.93. The summed E-state index contributed by atoms with van der Waals surface area (Å²) in [5.41, 5.74) is 1.05. The Kier molecular flexibility index (Phi) is 5.24. The molecule has 0 aliphatic heterocycles. The number of nitrogens with one attached hydrogen (secondary N) is 1. The number of anilines is 1. The highest BCUT2D eigenvalue weighted by molar-refractivity contribution is 7.99. The minimum Gasteiger partial charge on any atom is -0.384 e. The smallest absolute Gasteiger partial charge is 0.0426 e. The van der Waals surface area contributed by atoms with Crippen LogP contribution in [0.1, 0.15) is 0 Å². The quantitative estimate of drug-likeness (QED) is 0.601. The predicted molar refractivity (Wildman–Crippen MR) is 82.1 cm³/mol. The van der Waals surface area contributed by atoms with Crippen molar-refractivity contribution in [3.05, 3.63) is 58.6 Å². The van der Waals surface area contributed by atoms with E-state index >= 15 is 0 Å². The first-order valence-electron chi connectivity index (χ1n) is 5.62. The van der Waals surface area contributed by atoms with Crippen molar-refractivity contribution in [1.82, 2.24) is 0 Å². The Labute approximate surface area is 121 Å². The van der Waals surface area contributed by atoms with Gasteiger partial charge >= 0.3 is 0 Å². The summed E-state index contributed by atoms with van der Waals surface area (Å²) in [5, 5.41) is 4.87. The van der Waals surface area contributed by atoms with Gasteiger partial charge in [-0.3, -0.25) is 0 Å². The lowest BCUT2D eigenvalue weighted by molar-refractivity contribution is 1.22. The number of halogens is 2. The second-order valence-electron chi connectivity index (χ2n) is 3.74. The molecule has 2 aromatic carbocycles. The van der Waals surface area contributed by atoms with Crippen molar-refractivity contribution in [2.24, 2.45) is 0 Å². The first-order chi connectivity index (χ1) is 8.74. The highest BCUT2D eigenvalue weighted by Crippen LogP contribution is 2.20. The van der Waals surface area contributed by atoms with Crippen LogP contribution in [0.3, 0.4) is 0 Å². The largest absolute Gasteiger partial charge is 0.384 e. The van der Waals surface area contributed by atoms with E-state index in [2.05, 4.69) is 5.32 Å². The summed E-state index contributed by atoms with van der Waals surface area (Å²) in [4.78, 5) is 1.23. The normalized spacial score (nSPS) is 10.3. The average Bonchev–Trinajstić information content (AvgIpc) is 2.37. The molecule has 0 heterocycles. The van der Waals surface area contributed by atoms with E-state index in [9.17, 15) is 0 Å². The van der Waals surface area contributed by atoms with Gasteiger partial charge in [0.05, 0.1) is 0 Å². The summed E-state index contributed by atoms with van der Waals surface area (Å²) in [6, 6.07) is 15.6. The Balaban J connectivity index is 1.74. The highest BCUT2D eigenvalue weighted by atomic mass is 35.5. The molecule has 1 N–H and O–H groups in total. The molecule has 0 saturated carbocycles. The van der Waals surface area contributed by atoms with Crippen molar-refractivity contribution in [2.45, 2.75) is 4.90 Å². The Morgan fingerprint density at radius 3 is 2.44 bits per heavy atom. The number of rotatable bonds is 5. The summed E-state index contributed by atoms with van der Waals surface area (Å²) >= 11 is 13.5. The van der Waals surface area contributed by atoms with Gasteiger partial charge in [0.25, 0.3) is 0 Å². The summed E-state index contributed by atoms with van der Waals surface area (Å²) in [5.74, 6) is 0.994. The van der Waals surface area contributed by atoms with E-state index in [4.69, 9.17) is 23.2 Å². The summed E-state index contributed by atoms with van der Waals surface area (Å²) < 4.78 is 0. The Morgan fingerprint density at radius 2 is 1.72 bits per heavy atom. The van der Waals surface area contributed by atoms with Crippen LogP contribution in [0.2, 0.25) is 10.0 Å². The van der Waals surface area contributed by atoms with Crippen molar-refractivity contribution in [1.29, 1.82) is 0 Å². The summed E-state index contributed by atoms with van der Waals surface area (Å²) in [6.45, 7) is 0.896. The maximum Gasteiger partial charge on any atom is 0.0426 e. The van der Waals surface area contributed by atoms with Gasteiger partial charge in [-0.05, 0) is 42.5 Å². The molecule has 0 fully saturated rings. The first-order valence-corrected chi connectivity index (χ1v) is 7.36. The predicted octanol–water partition coefficient (Wildman–Crippen LogP) is 5.20. The standard InChI is InChI=1S/C14H13Cl2NS/c15-11-4-6-14(7-5-11)18-9-8-17-13-3-1-2-12(16)10-13/h1-7,10,17H,8-9H2. The summed E-state index contributed by atoms with van der Waals surface area (Å²) in [7, 11) is 0. The van der Waals surface area contributed by atoms with Crippen molar-refractivity contribution in [3.8, 4) is 0 Å². The number of thioether (sulfide) groups is 1. The maximum absolute atomic E-state index is 5.91. The third kappa shape index (κ3) is 4.45. The molecule has 0 bridgehead atoms. The molecule has 0 atom stereocenters. The second-order valence-corrected chi connectivity index (χ2v) is 5.78. The van der Waals surface area contributed by atoms with E-state index in [1.807, 2.05) is 48.5 Å². The van der Waals surface area contributed by atoms with Crippen LogP contribution in [0.15, 0.2) is 53.4 Å². The lowest BCUT2D eigenvalue weighted by Gasteiger charge is -2.06. The molecule has 0 aromatic heterocycles. The highest BCUT2D eigenvalue weighted by Gasteiger charge is 1.96. The summed E-state index contributed by atoms with van der Waals surface area (Å²) in [6.07, 6.45) is 0. The fraction of sp³-hybridized carbons (Fsp3) is 0.143. The van der Waals surface area contributed by atoms with E-state index in [-0.39, 0.29) is 0 Å². The van der Waals surface area contributed by atoms with Crippen LogP contribution in [0, 0.1) is 0 Å². The van der Waals surface area contributed by atoms with Crippen LogP contribution in [0.5, 0.6) is 0 Å². The van der Waals surface area contributed by atoms with Crippen molar-refractivity contribution in [3.63, 3.8) is 0 Å². The van der Waals surface area contributed by atoms with Crippen LogP contribution in [0.4, 0.5) is 5.69 Å². The minimum absolute atomic E-state index is 0.755. The molecule has 0 radical (unpaired) electrons. The van der Waals surface area contributed by atoms with E-state index in [1.54, 1.807) is 11.8 Å². The van der Waals surface area contributed by atoms with Gasteiger partial charge in [0.2, 0.25) is 0 Å². The Morgan fingerprint density at radius 1 is 0.944 bits per heavy atom. The molecule has 18 heavy (non-hydrogen) atoms.